The highest BCUT2D eigenvalue weighted by Gasteiger charge is 2.35. The summed E-state index contributed by atoms with van der Waals surface area (Å²) in [4.78, 5) is 15.3. The molecule has 0 aromatic heterocycles. The van der Waals surface area contributed by atoms with Crippen LogP contribution >= 0.6 is 0 Å². The molecule has 0 radical (unpaired) electrons. The molecule has 8 heteroatoms. The number of likely N-dealkylation sites (tertiary alicyclic amines) is 1. The van der Waals surface area contributed by atoms with E-state index in [1.165, 1.54) is 23.3 Å². The maximum atomic E-state index is 15.3. The molecule has 212 valence electrons. The minimum Gasteiger partial charge on any atom is -0.489 e. The third kappa shape index (κ3) is 5.79. The Bertz CT molecular complexity index is 1420. The van der Waals surface area contributed by atoms with Gasteiger partial charge in [-0.15, -0.1) is 0 Å². The van der Waals surface area contributed by atoms with Crippen LogP contribution in [0, 0.1) is 5.82 Å². The first kappa shape index (κ1) is 27.0. The molecule has 3 aromatic carbocycles. The van der Waals surface area contributed by atoms with Gasteiger partial charge in [-0.3, -0.25) is 9.69 Å². The lowest BCUT2D eigenvalue weighted by Crippen LogP contribution is -2.43. The Labute approximate surface area is 237 Å². The number of carbonyl (C=O) groups is 1. The van der Waals surface area contributed by atoms with Crippen LogP contribution in [0.4, 0.5) is 4.39 Å². The quantitative estimate of drug-likeness (QED) is 0.335. The van der Waals surface area contributed by atoms with Crippen molar-refractivity contribution in [1.29, 1.82) is 0 Å². The molecular weight excluding hydrogens is 527 g/mol. The highest BCUT2D eigenvalue weighted by Crippen LogP contribution is 2.46. The van der Waals surface area contributed by atoms with Gasteiger partial charge in [0.05, 0.1) is 16.9 Å². The lowest BCUT2D eigenvalue weighted by Gasteiger charge is -2.39. The smallest absolute Gasteiger partial charge is 0.267 e. The number of amides is 1. The highest BCUT2D eigenvalue weighted by molar-refractivity contribution is 7.90. The molecule has 2 aliphatic carbocycles. The van der Waals surface area contributed by atoms with Gasteiger partial charge in [0.25, 0.3) is 5.91 Å². The number of hydrogen-bond donors (Lipinski definition) is 1. The predicted molar refractivity (Wildman–Crippen MR) is 154 cm³/mol. The Morgan fingerprint density at radius 3 is 2.15 bits per heavy atom. The minimum absolute atomic E-state index is 0. The summed E-state index contributed by atoms with van der Waals surface area (Å²) in [6, 6.07) is 23.7. The summed E-state index contributed by atoms with van der Waals surface area (Å²) in [5.41, 5.74) is 2.97. The standard InChI is InChI=1S/C32H35FN2O4S.H2/c33-29-20-30(27(22-16-17-22)19-28(29)32(36)34-40(37,38)26-14-7-15-26)39-25-13-8-18-35(21-25)31(23-9-3-1-4-10-23)24-11-5-2-6-12-24;/h1-6,9-12,19-20,22,25-26,31H,7-8,13-18,21H2,(H,34,36);1H/t25-;/m1./s1. The van der Waals surface area contributed by atoms with Crippen LogP contribution in [0.1, 0.15) is 85.4 Å². The lowest BCUT2D eigenvalue weighted by atomic mass is 9.94. The molecule has 2 saturated carbocycles. The molecule has 1 N–H and O–H groups in total. The molecule has 0 spiro atoms. The van der Waals surface area contributed by atoms with E-state index in [2.05, 4.69) is 58.2 Å². The third-order valence-electron chi connectivity index (χ3n) is 8.39. The zero-order valence-corrected chi connectivity index (χ0v) is 23.3. The van der Waals surface area contributed by atoms with Gasteiger partial charge in [0.1, 0.15) is 17.7 Å². The van der Waals surface area contributed by atoms with Gasteiger partial charge in [-0.1, -0.05) is 67.1 Å². The Morgan fingerprint density at radius 1 is 0.925 bits per heavy atom. The van der Waals surface area contributed by atoms with Gasteiger partial charge in [0, 0.05) is 14.0 Å². The van der Waals surface area contributed by atoms with Crippen molar-refractivity contribution < 1.29 is 23.8 Å². The van der Waals surface area contributed by atoms with Crippen molar-refractivity contribution in [2.24, 2.45) is 0 Å². The van der Waals surface area contributed by atoms with Gasteiger partial charge in [0.15, 0.2) is 0 Å². The summed E-state index contributed by atoms with van der Waals surface area (Å²) in [7, 11) is -3.80. The minimum atomic E-state index is -3.80. The molecule has 1 saturated heterocycles. The van der Waals surface area contributed by atoms with Crippen molar-refractivity contribution in [3.05, 3.63) is 101 Å². The van der Waals surface area contributed by atoms with Crippen molar-refractivity contribution in [2.75, 3.05) is 13.1 Å². The van der Waals surface area contributed by atoms with Crippen molar-refractivity contribution >= 4 is 15.9 Å². The maximum absolute atomic E-state index is 15.3. The van der Waals surface area contributed by atoms with E-state index in [1.54, 1.807) is 0 Å². The molecule has 0 bridgehead atoms. The number of hydrogen-bond acceptors (Lipinski definition) is 5. The Balaban J connectivity index is 0.00000337. The molecule has 40 heavy (non-hydrogen) atoms. The second-order valence-electron chi connectivity index (χ2n) is 11.3. The fraction of sp³-hybridized carbons (Fsp3) is 0.406. The van der Waals surface area contributed by atoms with Crippen LogP contribution in [0.5, 0.6) is 5.75 Å². The Hall–Kier alpha value is -3.23. The summed E-state index contributed by atoms with van der Waals surface area (Å²) in [5.74, 6) is -1.03. The molecule has 3 aromatic rings. The number of sulfonamides is 1. The lowest BCUT2D eigenvalue weighted by molar-refractivity contribution is 0.0703. The number of piperidine rings is 1. The summed E-state index contributed by atoms with van der Waals surface area (Å²) in [5, 5.41) is -0.574. The van der Waals surface area contributed by atoms with Gasteiger partial charge in [-0.25, -0.2) is 17.5 Å². The average Bonchev–Trinajstić information content (AvgIpc) is 3.74. The second-order valence-corrected chi connectivity index (χ2v) is 13.2. The topological polar surface area (TPSA) is 75.7 Å². The molecule has 3 aliphatic rings. The first-order valence-corrected chi connectivity index (χ1v) is 15.8. The van der Waals surface area contributed by atoms with Crippen LogP contribution in [-0.2, 0) is 10.0 Å². The molecule has 1 heterocycles. The monoisotopic (exact) mass is 564 g/mol. The van der Waals surface area contributed by atoms with Crippen molar-refractivity contribution in [1.82, 2.24) is 9.62 Å². The molecule has 3 fully saturated rings. The number of benzene rings is 3. The number of rotatable bonds is 9. The number of ether oxygens (including phenoxy) is 1. The van der Waals surface area contributed by atoms with Crippen molar-refractivity contribution in [2.45, 2.75) is 68.3 Å². The fourth-order valence-corrected chi connectivity index (χ4v) is 7.36. The van der Waals surface area contributed by atoms with Crippen LogP contribution in [0.3, 0.4) is 0 Å². The predicted octanol–water partition coefficient (Wildman–Crippen LogP) is 6.19. The molecule has 1 amide bonds. The normalized spacial score (nSPS) is 20.2. The molecule has 0 unspecified atom stereocenters. The van der Waals surface area contributed by atoms with Crippen LogP contribution in [-0.4, -0.2) is 43.7 Å². The van der Waals surface area contributed by atoms with E-state index in [0.29, 0.717) is 25.1 Å². The van der Waals surface area contributed by atoms with Crippen molar-refractivity contribution in [3.8, 4) is 5.75 Å². The van der Waals surface area contributed by atoms with Gasteiger partial charge in [-0.05, 0) is 73.7 Å². The summed E-state index contributed by atoms with van der Waals surface area (Å²) < 4.78 is 48.8. The molecule has 1 atom stereocenters. The van der Waals surface area contributed by atoms with Gasteiger partial charge in [0.2, 0.25) is 10.0 Å². The van der Waals surface area contributed by atoms with E-state index in [9.17, 15) is 13.2 Å². The van der Waals surface area contributed by atoms with Gasteiger partial charge < -0.3 is 4.74 Å². The fourth-order valence-electron chi connectivity index (χ4n) is 5.87. The number of halogens is 1. The SMILES string of the molecule is O=C(NS(=O)(=O)C1CCC1)c1cc(C2CC2)c(O[C@@H]2CCCN(C(c3ccccc3)c3ccccc3)C2)cc1F.[HH]. The summed E-state index contributed by atoms with van der Waals surface area (Å²) in [6.45, 7) is 1.61. The van der Waals surface area contributed by atoms with E-state index in [0.717, 1.165) is 44.2 Å². The third-order valence-corrected chi connectivity index (χ3v) is 10.2. The molecule has 6 rings (SSSR count). The van der Waals surface area contributed by atoms with E-state index in [4.69, 9.17) is 4.74 Å². The van der Waals surface area contributed by atoms with Crippen LogP contribution in [0.15, 0.2) is 72.8 Å². The van der Waals surface area contributed by atoms with E-state index >= 15 is 4.39 Å². The van der Waals surface area contributed by atoms with E-state index in [-0.39, 0.29) is 25.1 Å². The van der Waals surface area contributed by atoms with E-state index < -0.39 is 27.0 Å². The summed E-state index contributed by atoms with van der Waals surface area (Å²) >= 11 is 0. The Morgan fingerprint density at radius 2 is 1.57 bits per heavy atom. The molecular formula is C32H37FN2O4S. The molecule has 6 nitrogen and oxygen atoms in total. The summed E-state index contributed by atoms with van der Waals surface area (Å²) in [6.07, 6.45) is 5.40. The zero-order chi connectivity index (χ0) is 27.7. The molecule has 1 aliphatic heterocycles. The maximum Gasteiger partial charge on any atom is 0.267 e. The van der Waals surface area contributed by atoms with Crippen molar-refractivity contribution in [3.63, 3.8) is 0 Å². The van der Waals surface area contributed by atoms with Gasteiger partial charge >= 0.3 is 0 Å². The number of nitrogens with zero attached hydrogens (tertiary/aromatic N) is 1. The number of carbonyl (C=O) groups excluding carboxylic acids is 1. The van der Waals surface area contributed by atoms with E-state index in [1.807, 2.05) is 12.1 Å². The first-order valence-electron chi connectivity index (χ1n) is 14.3. The van der Waals surface area contributed by atoms with Crippen LogP contribution in [0.2, 0.25) is 0 Å². The largest absolute Gasteiger partial charge is 0.489 e. The number of nitrogens with one attached hydrogen (secondary N) is 1. The highest BCUT2D eigenvalue weighted by atomic mass is 32.2. The van der Waals surface area contributed by atoms with Crippen LogP contribution in [0.25, 0.3) is 0 Å². The second kappa shape index (κ2) is 11.3. The Kier molecular flexibility index (Phi) is 7.64. The average molecular weight is 565 g/mol. The van der Waals surface area contributed by atoms with Crippen LogP contribution < -0.4 is 9.46 Å². The zero-order valence-electron chi connectivity index (χ0n) is 22.5. The van der Waals surface area contributed by atoms with Gasteiger partial charge in [-0.2, -0.15) is 0 Å². The first-order chi connectivity index (χ1) is 19.4.